The number of hydrogen-bond acceptors (Lipinski definition) is 3. The van der Waals surface area contributed by atoms with Crippen LogP contribution in [0.15, 0.2) is 11.4 Å². The van der Waals surface area contributed by atoms with Crippen LogP contribution >= 0.6 is 11.3 Å². The minimum Gasteiger partial charge on any atom is -0.324 e. The SMILES string of the molecule is C[C@@H](N)c1csc(CC#N)c1. The summed E-state index contributed by atoms with van der Waals surface area (Å²) in [5.41, 5.74) is 6.77. The Morgan fingerprint density at radius 2 is 2.55 bits per heavy atom. The summed E-state index contributed by atoms with van der Waals surface area (Å²) in [7, 11) is 0. The summed E-state index contributed by atoms with van der Waals surface area (Å²) in [5, 5.41) is 10.4. The molecule has 0 radical (unpaired) electrons. The maximum absolute atomic E-state index is 8.39. The van der Waals surface area contributed by atoms with Gasteiger partial charge in [-0.15, -0.1) is 11.3 Å². The molecular weight excluding hydrogens is 156 g/mol. The minimum atomic E-state index is 0.0821. The fourth-order valence-corrected chi connectivity index (χ4v) is 1.73. The highest BCUT2D eigenvalue weighted by Crippen LogP contribution is 2.19. The summed E-state index contributed by atoms with van der Waals surface area (Å²) in [6, 6.07) is 4.19. The zero-order chi connectivity index (χ0) is 8.27. The topological polar surface area (TPSA) is 49.8 Å². The van der Waals surface area contributed by atoms with Crippen molar-refractivity contribution in [3.8, 4) is 6.07 Å². The average Bonchev–Trinajstić information content (AvgIpc) is 2.37. The van der Waals surface area contributed by atoms with Crippen LogP contribution in [0.1, 0.15) is 23.4 Å². The molecule has 0 fully saturated rings. The van der Waals surface area contributed by atoms with Crippen molar-refractivity contribution in [2.75, 3.05) is 0 Å². The van der Waals surface area contributed by atoms with Crippen LogP contribution in [0.3, 0.4) is 0 Å². The first-order valence-corrected chi connectivity index (χ1v) is 4.32. The van der Waals surface area contributed by atoms with E-state index in [1.165, 1.54) is 0 Å². The lowest BCUT2D eigenvalue weighted by Gasteiger charge is -1.97. The molecule has 0 aromatic carbocycles. The largest absolute Gasteiger partial charge is 0.324 e. The molecule has 1 heterocycles. The first kappa shape index (κ1) is 8.25. The lowest BCUT2D eigenvalue weighted by Crippen LogP contribution is -2.02. The predicted molar refractivity (Wildman–Crippen MR) is 46.2 cm³/mol. The number of nitrogens with two attached hydrogens (primary N) is 1. The molecule has 0 aliphatic carbocycles. The Hall–Kier alpha value is -0.850. The van der Waals surface area contributed by atoms with Gasteiger partial charge in [-0.05, 0) is 23.9 Å². The third kappa shape index (κ3) is 2.04. The molecule has 58 valence electrons. The molecule has 0 amide bonds. The summed E-state index contributed by atoms with van der Waals surface area (Å²) in [4.78, 5) is 1.10. The van der Waals surface area contributed by atoms with Crippen LogP contribution in [0.2, 0.25) is 0 Å². The molecular formula is C8H10N2S. The minimum absolute atomic E-state index is 0.0821. The van der Waals surface area contributed by atoms with Crippen molar-refractivity contribution in [3.05, 3.63) is 21.9 Å². The molecule has 2 nitrogen and oxygen atoms in total. The smallest absolute Gasteiger partial charge is 0.0695 e. The Bertz CT molecular complexity index is 270. The maximum Gasteiger partial charge on any atom is 0.0695 e. The number of nitrogens with zero attached hydrogens (tertiary/aromatic N) is 1. The molecule has 1 aromatic heterocycles. The van der Waals surface area contributed by atoms with Crippen LogP contribution in [0.25, 0.3) is 0 Å². The van der Waals surface area contributed by atoms with Gasteiger partial charge in [0.2, 0.25) is 0 Å². The van der Waals surface area contributed by atoms with E-state index in [1.54, 1.807) is 11.3 Å². The quantitative estimate of drug-likeness (QED) is 0.728. The fraction of sp³-hybridized carbons (Fsp3) is 0.375. The van der Waals surface area contributed by atoms with Crippen LogP contribution in [0, 0.1) is 11.3 Å². The summed E-state index contributed by atoms with van der Waals surface area (Å²) in [6.07, 6.45) is 0.497. The zero-order valence-corrected chi connectivity index (χ0v) is 7.19. The van der Waals surface area contributed by atoms with Crippen molar-refractivity contribution in [3.63, 3.8) is 0 Å². The lowest BCUT2D eigenvalue weighted by atomic mass is 10.2. The van der Waals surface area contributed by atoms with Crippen molar-refractivity contribution >= 4 is 11.3 Å². The molecule has 0 bridgehead atoms. The molecule has 3 heteroatoms. The van der Waals surface area contributed by atoms with E-state index in [9.17, 15) is 0 Å². The zero-order valence-electron chi connectivity index (χ0n) is 6.37. The Morgan fingerprint density at radius 1 is 1.82 bits per heavy atom. The highest BCUT2D eigenvalue weighted by molar-refractivity contribution is 7.10. The van der Waals surface area contributed by atoms with E-state index in [4.69, 9.17) is 11.0 Å². The first-order valence-electron chi connectivity index (χ1n) is 3.44. The van der Waals surface area contributed by atoms with E-state index in [0.717, 1.165) is 10.4 Å². The first-order chi connectivity index (χ1) is 5.24. The third-order valence-electron chi connectivity index (χ3n) is 1.45. The molecule has 0 saturated heterocycles. The number of thiophene rings is 1. The maximum atomic E-state index is 8.39. The van der Waals surface area contributed by atoms with Gasteiger partial charge >= 0.3 is 0 Å². The Balaban J connectivity index is 2.75. The second-order valence-corrected chi connectivity index (χ2v) is 3.47. The van der Waals surface area contributed by atoms with Crippen molar-refractivity contribution in [2.24, 2.45) is 5.73 Å². The lowest BCUT2D eigenvalue weighted by molar-refractivity contribution is 0.822. The highest BCUT2D eigenvalue weighted by atomic mass is 32.1. The molecule has 1 aromatic rings. The molecule has 1 rings (SSSR count). The molecule has 0 saturated carbocycles. The molecule has 1 atom stereocenters. The third-order valence-corrected chi connectivity index (χ3v) is 2.41. The van der Waals surface area contributed by atoms with Gasteiger partial charge in [0.05, 0.1) is 12.5 Å². The summed E-state index contributed by atoms with van der Waals surface area (Å²) in [6.45, 7) is 1.94. The number of hydrogen-bond donors (Lipinski definition) is 1. The summed E-state index contributed by atoms with van der Waals surface area (Å²) in [5.74, 6) is 0. The molecule has 0 aliphatic heterocycles. The second-order valence-electron chi connectivity index (χ2n) is 2.47. The standard InChI is InChI=1S/C8H10N2S/c1-6(10)7-4-8(2-3-9)11-5-7/h4-6H,2,10H2,1H3/t6-/m1/s1. The van der Waals surface area contributed by atoms with Crippen LogP contribution < -0.4 is 5.73 Å². The average molecular weight is 166 g/mol. The Kier molecular flexibility index (Phi) is 2.64. The molecule has 0 aliphatic rings. The normalized spacial score (nSPS) is 12.5. The highest BCUT2D eigenvalue weighted by Gasteiger charge is 2.02. The monoisotopic (exact) mass is 166 g/mol. The van der Waals surface area contributed by atoms with Gasteiger partial charge in [0.1, 0.15) is 0 Å². The van der Waals surface area contributed by atoms with Crippen LogP contribution in [0.5, 0.6) is 0 Å². The number of rotatable bonds is 2. The summed E-state index contributed by atoms with van der Waals surface area (Å²) < 4.78 is 0. The van der Waals surface area contributed by atoms with Gasteiger partial charge in [-0.1, -0.05) is 0 Å². The fourth-order valence-electron chi connectivity index (χ4n) is 0.807. The number of nitriles is 1. The van der Waals surface area contributed by atoms with Crippen LogP contribution in [-0.4, -0.2) is 0 Å². The molecule has 11 heavy (non-hydrogen) atoms. The second kappa shape index (κ2) is 3.51. The van der Waals surface area contributed by atoms with Crippen LogP contribution in [-0.2, 0) is 6.42 Å². The Morgan fingerprint density at radius 3 is 3.00 bits per heavy atom. The van der Waals surface area contributed by atoms with Crippen LogP contribution in [0.4, 0.5) is 0 Å². The van der Waals surface area contributed by atoms with E-state index in [1.807, 2.05) is 18.4 Å². The van der Waals surface area contributed by atoms with Gasteiger partial charge in [-0.3, -0.25) is 0 Å². The van der Waals surface area contributed by atoms with Gasteiger partial charge in [0.15, 0.2) is 0 Å². The summed E-state index contributed by atoms with van der Waals surface area (Å²) >= 11 is 1.60. The Labute approximate surface area is 70.3 Å². The molecule has 0 spiro atoms. The van der Waals surface area contributed by atoms with E-state index < -0.39 is 0 Å². The van der Waals surface area contributed by atoms with Crippen molar-refractivity contribution in [1.82, 2.24) is 0 Å². The van der Waals surface area contributed by atoms with E-state index in [0.29, 0.717) is 6.42 Å². The van der Waals surface area contributed by atoms with Gasteiger partial charge in [-0.25, -0.2) is 0 Å². The molecule has 0 unspecified atom stereocenters. The van der Waals surface area contributed by atoms with Gasteiger partial charge < -0.3 is 5.73 Å². The predicted octanol–water partition coefficient (Wildman–Crippen LogP) is 1.83. The van der Waals surface area contributed by atoms with Crippen molar-refractivity contribution < 1.29 is 0 Å². The van der Waals surface area contributed by atoms with Crippen molar-refractivity contribution in [1.29, 1.82) is 5.26 Å². The van der Waals surface area contributed by atoms with Crippen molar-refractivity contribution in [2.45, 2.75) is 19.4 Å². The van der Waals surface area contributed by atoms with E-state index in [2.05, 4.69) is 6.07 Å². The van der Waals surface area contributed by atoms with E-state index >= 15 is 0 Å². The van der Waals surface area contributed by atoms with E-state index in [-0.39, 0.29) is 6.04 Å². The van der Waals surface area contributed by atoms with Gasteiger partial charge in [0.25, 0.3) is 0 Å². The van der Waals surface area contributed by atoms with Gasteiger partial charge in [0, 0.05) is 10.9 Å². The molecule has 2 N–H and O–H groups in total. The van der Waals surface area contributed by atoms with Gasteiger partial charge in [-0.2, -0.15) is 5.26 Å².